The molecule has 0 saturated carbocycles. The quantitative estimate of drug-likeness (QED) is 0.256. The number of anilines is 3. The number of nitrogens with one attached hydrogen (secondary N) is 1. The summed E-state index contributed by atoms with van der Waals surface area (Å²) in [7, 11) is -1.31. The molecule has 4 N–H and O–H groups in total. The van der Waals surface area contributed by atoms with E-state index in [4.69, 9.17) is 10.3 Å². The van der Waals surface area contributed by atoms with Crippen molar-refractivity contribution < 1.29 is 17.9 Å². The lowest BCUT2D eigenvalue weighted by molar-refractivity contribution is 0.441. The van der Waals surface area contributed by atoms with Crippen molar-refractivity contribution in [3.05, 3.63) is 44.1 Å². The molecule has 0 radical (unpaired) electrons. The van der Waals surface area contributed by atoms with E-state index in [9.17, 15) is 23.1 Å². The molecule has 0 amide bonds. The third kappa shape index (κ3) is 3.49. The summed E-state index contributed by atoms with van der Waals surface area (Å²) < 4.78 is 34.4. The number of aromatic nitrogens is 1. The number of nitrogens with zero attached hydrogens (tertiary/aromatic N) is 3. The van der Waals surface area contributed by atoms with E-state index in [-0.39, 0.29) is 17.2 Å². The van der Waals surface area contributed by atoms with E-state index >= 15 is 0 Å². The number of sulfonamides is 1. The Labute approximate surface area is 176 Å². The van der Waals surface area contributed by atoms with Gasteiger partial charge in [0.25, 0.3) is 20.9 Å². The van der Waals surface area contributed by atoms with Crippen LogP contribution in [0.1, 0.15) is 30.7 Å². The first-order valence-electron chi connectivity index (χ1n) is 8.81. The van der Waals surface area contributed by atoms with Crippen molar-refractivity contribution in [3.8, 4) is 5.75 Å². The fraction of sp³-hybridized carbons (Fsp3) is 0.353. The number of rotatable bonds is 8. The summed E-state index contributed by atoms with van der Waals surface area (Å²) in [4.78, 5) is 24.4. The van der Waals surface area contributed by atoms with Crippen LogP contribution in [-0.2, 0) is 10.0 Å². The van der Waals surface area contributed by atoms with E-state index in [1.165, 1.54) is 14.1 Å². The molecule has 1 atom stereocenters. The van der Waals surface area contributed by atoms with Crippen LogP contribution in [0.2, 0.25) is 0 Å². The number of aryl methyl sites for hydroxylation is 1. The lowest BCUT2D eigenvalue weighted by Crippen LogP contribution is -2.47. The fourth-order valence-electron chi connectivity index (χ4n) is 2.87. The van der Waals surface area contributed by atoms with Crippen molar-refractivity contribution in [3.63, 3.8) is 0 Å². The van der Waals surface area contributed by atoms with Crippen LogP contribution < -0.4 is 27.0 Å². The first-order chi connectivity index (χ1) is 14.0. The van der Waals surface area contributed by atoms with Crippen molar-refractivity contribution in [2.75, 3.05) is 24.4 Å². The maximum absolute atomic E-state index is 12.2. The molecule has 0 spiro atoms. The summed E-state index contributed by atoms with van der Waals surface area (Å²) in [6, 6.07) is 1.26. The second-order valence-electron chi connectivity index (χ2n) is 6.82. The Morgan fingerprint density at radius 3 is 2.53 bits per heavy atom. The molecule has 2 aromatic heterocycles. The Bertz CT molecular complexity index is 1250. The molecule has 1 aromatic carbocycles. The molecule has 2 heterocycles. The van der Waals surface area contributed by atoms with Crippen LogP contribution in [0.4, 0.5) is 17.2 Å². The van der Waals surface area contributed by atoms with Crippen molar-refractivity contribution in [2.45, 2.75) is 30.5 Å². The molecule has 13 heteroatoms. The van der Waals surface area contributed by atoms with Gasteiger partial charge in [0.05, 0.1) is 6.26 Å². The lowest BCUT2D eigenvalue weighted by atomic mass is 10.1. The number of hydrazine groups is 1. The average Bonchev–Trinajstić information content (AvgIpc) is 3.27. The second-order valence-corrected chi connectivity index (χ2v) is 9.94. The monoisotopic (exact) mass is 455 g/mol. The summed E-state index contributed by atoms with van der Waals surface area (Å²) in [5.41, 5.74) is -1.07. The fourth-order valence-corrected chi connectivity index (χ4v) is 4.96. The van der Waals surface area contributed by atoms with Crippen molar-refractivity contribution in [1.82, 2.24) is 8.68 Å². The summed E-state index contributed by atoms with van der Waals surface area (Å²) in [6.07, 6.45) is 2.03. The summed E-state index contributed by atoms with van der Waals surface area (Å²) in [5.74, 6) is 5.76. The number of hydrogen-bond donors (Lipinski definition) is 3. The molecule has 0 bridgehead atoms. The van der Waals surface area contributed by atoms with Crippen LogP contribution in [0.15, 0.2) is 30.5 Å². The molecular formula is C17H21N5O6S2. The van der Waals surface area contributed by atoms with E-state index in [0.717, 1.165) is 14.9 Å². The number of furan rings is 1. The Morgan fingerprint density at radius 1 is 1.33 bits per heavy atom. The van der Waals surface area contributed by atoms with Crippen LogP contribution in [0, 0.1) is 6.92 Å². The van der Waals surface area contributed by atoms with Crippen LogP contribution in [0.5, 0.6) is 5.75 Å². The maximum atomic E-state index is 12.2. The first-order valence-corrected chi connectivity index (χ1v) is 11.0. The third-order valence-corrected chi connectivity index (χ3v) is 7.65. The topological polar surface area (TPSA) is 159 Å². The van der Waals surface area contributed by atoms with Gasteiger partial charge in [-0.2, -0.15) is 4.37 Å². The average molecular weight is 456 g/mol. The molecule has 162 valence electrons. The van der Waals surface area contributed by atoms with E-state index in [0.29, 0.717) is 23.7 Å². The van der Waals surface area contributed by atoms with Gasteiger partial charge in [0.2, 0.25) is 0 Å². The molecule has 0 saturated heterocycles. The molecule has 0 aliphatic rings. The maximum Gasteiger partial charge on any atom is 0.257 e. The predicted molar refractivity (Wildman–Crippen MR) is 112 cm³/mol. The molecule has 30 heavy (non-hydrogen) atoms. The normalized spacial score (nSPS) is 13.1. The predicted octanol–water partition coefficient (Wildman–Crippen LogP) is 1.17. The van der Waals surface area contributed by atoms with Crippen LogP contribution >= 0.6 is 11.5 Å². The zero-order chi connectivity index (χ0) is 22.4. The Balaban J connectivity index is 1.96. The Morgan fingerprint density at radius 2 is 2.00 bits per heavy atom. The van der Waals surface area contributed by atoms with Crippen molar-refractivity contribution in [1.29, 1.82) is 0 Å². The third-order valence-electron chi connectivity index (χ3n) is 4.54. The second kappa shape index (κ2) is 7.83. The molecule has 3 rings (SSSR count). The highest BCUT2D eigenvalue weighted by atomic mass is 32.2. The molecule has 0 fully saturated rings. The summed E-state index contributed by atoms with van der Waals surface area (Å²) >= 11 is 0.539. The Hall–Kier alpha value is -2.74. The van der Waals surface area contributed by atoms with E-state index in [1.807, 2.05) is 13.8 Å². The van der Waals surface area contributed by atoms with E-state index in [1.54, 1.807) is 12.3 Å². The van der Waals surface area contributed by atoms with Crippen molar-refractivity contribution >= 4 is 38.7 Å². The zero-order valence-corrected chi connectivity index (χ0v) is 18.3. The van der Waals surface area contributed by atoms with Gasteiger partial charge in [-0.1, -0.05) is 6.92 Å². The van der Waals surface area contributed by atoms with Gasteiger partial charge >= 0.3 is 0 Å². The Kier molecular flexibility index (Phi) is 5.73. The molecule has 0 aliphatic carbocycles. The van der Waals surface area contributed by atoms with Gasteiger partial charge in [0, 0.05) is 14.1 Å². The minimum atomic E-state index is -3.93. The van der Waals surface area contributed by atoms with Crippen LogP contribution in [0.25, 0.3) is 0 Å². The molecular weight excluding hydrogens is 434 g/mol. The van der Waals surface area contributed by atoms with Gasteiger partial charge in [-0.3, -0.25) is 14.6 Å². The van der Waals surface area contributed by atoms with Gasteiger partial charge in [0.15, 0.2) is 15.8 Å². The SMILES string of the molecule is CC[C@H](c1cc(C)co1)N(N)c1c(Nc2nsc(S(=O)(=O)N(C)C)c2O)c(=O)c1=O. The van der Waals surface area contributed by atoms with Gasteiger partial charge in [-0.05, 0) is 36.5 Å². The molecule has 3 aromatic rings. The molecule has 0 aliphatic heterocycles. The van der Waals surface area contributed by atoms with Gasteiger partial charge in [-0.25, -0.2) is 18.6 Å². The molecule has 0 unspecified atom stereocenters. The number of nitrogens with two attached hydrogens (primary N) is 1. The summed E-state index contributed by atoms with van der Waals surface area (Å²) in [6.45, 7) is 3.68. The highest BCUT2D eigenvalue weighted by molar-refractivity contribution is 7.91. The van der Waals surface area contributed by atoms with Gasteiger partial charge < -0.3 is 14.8 Å². The number of hydrogen-bond acceptors (Lipinski definition) is 11. The highest BCUT2D eigenvalue weighted by Crippen LogP contribution is 2.38. The smallest absolute Gasteiger partial charge is 0.257 e. The largest absolute Gasteiger partial charge is 0.503 e. The zero-order valence-electron chi connectivity index (χ0n) is 16.7. The van der Waals surface area contributed by atoms with Crippen LogP contribution in [0.3, 0.4) is 0 Å². The standard InChI is InChI=1S/C17H21N5O6S2/c1-5-9(10-6-8(2)7-28-10)22(18)12-11(13(23)14(12)24)19-16-15(25)17(29-20-16)30(26,27)21(3)4/h6-7,9,25H,5,18H2,1-4H3,(H,19,20)/t9-/m1/s1. The van der Waals surface area contributed by atoms with Gasteiger partial charge in [0.1, 0.15) is 23.2 Å². The van der Waals surface area contributed by atoms with Crippen molar-refractivity contribution in [2.24, 2.45) is 5.84 Å². The van der Waals surface area contributed by atoms with Gasteiger partial charge in [-0.15, -0.1) is 0 Å². The lowest BCUT2D eigenvalue weighted by Gasteiger charge is -2.29. The minimum absolute atomic E-state index is 0.106. The van der Waals surface area contributed by atoms with E-state index in [2.05, 4.69) is 9.69 Å². The van der Waals surface area contributed by atoms with E-state index < -0.39 is 36.9 Å². The number of aromatic hydroxyl groups is 1. The van der Waals surface area contributed by atoms with Crippen LogP contribution in [-0.4, -0.2) is 36.3 Å². The molecule has 11 nitrogen and oxygen atoms in total. The first kappa shape index (κ1) is 22.0. The highest BCUT2D eigenvalue weighted by Gasteiger charge is 2.33. The summed E-state index contributed by atoms with van der Waals surface area (Å²) in [5, 5.41) is 14.0. The minimum Gasteiger partial charge on any atom is -0.503 e.